The molecule has 2 rings (SSSR count). The van der Waals surface area contributed by atoms with Gasteiger partial charge in [0, 0.05) is 32.9 Å². The number of hydrogen-bond acceptors (Lipinski definition) is 5. The van der Waals surface area contributed by atoms with Gasteiger partial charge in [-0.3, -0.25) is 0 Å². The summed E-state index contributed by atoms with van der Waals surface area (Å²) in [6, 6.07) is 3.20. The van der Waals surface area contributed by atoms with E-state index in [1.807, 2.05) is 6.92 Å². The van der Waals surface area contributed by atoms with Crippen molar-refractivity contribution in [3.05, 3.63) is 18.3 Å². The molecule has 1 N–H and O–H groups in total. The van der Waals surface area contributed by atoms with E-state index in [1.54, 1.807) is 25.4 Å². The zero-order valence-electron chi connectivity index (χ0n) is 11.2. The van der Waals surface area contributed by atoms with Gasteiger partial charge in [0.25, 0.3) is 0 Å². The van der Waals surface area contributed by atoms with Crippen molar-refractivity contribution in [2.75, 3.05) is 32.1 Å². The van der Waals surface area contributed by atoms with Crippen molar-refractivity contribution in [1.82, 2.24) is 9.29 Å². The van der Waals surface area contributed by atoms with E-state index in [1.165, 1.54) is 4.31 Å². The number of rotatable bonds is 3. The van der Waals surface area contributed by atoms with Crippen molar-refractivity contribution in [2.45, 2.75) is 24.3 Å². The Labute approximate surface area is 113 Å². The lowest BCUT2D eigenvalue weighted by Gasteiger charge is -2.22. The predicted molar refractivity (Wildman–Crippen MR) is 72.6 cm³/mol. The molecule has 1 fully saturated rings. The molecule has 1 atom stereocenters. The van der Waals surface area contributed by atoms with Gasteiger partial charge in [-0.25, -0.2) is 13.4 Å². The monoisotopic (exact) mass is 285 g/mol. The van der Waals surface area contributed by atoms with Gasteiger partial charge in [-0.2, -0.15) is 4.31 Å². The first-order chi connectivity index (χ1) is 9.05. The summed E-state index contributed by atoms with van der Waals surface area (Å²) in [4.78, 5) is 4.27. The van der Waals surface area contributed by atoms with E-state index < -0.39 is 10.0 Å². The lowest BCUT2D eigenvalue weighted by Crippen LogP contribution is -2.36. The van der Waals surface area contributed by atoms with Crippen molar-refractivity contribution < 1.29 is 13.2 Å². The second-order valence-electron chi connectivity index (χ2n) is 4.50. The number of ether oxygens (including phenoxy) is 1. The second-order valence-corrected chi connectivity index (χ2v) is 6.40. The highest BCUT2D eigenvalue weighted by atomic mass is 32.2. The van der Waals surface area contributed by atoms with Gasteiger partial charge in [0.1, 0.15) is 10.7 Å². The standard InChI is InChI=1S/C12H19N3O3S/c1-10-9-15(7-4-8-18-10)19(16,17)11-5-3-6-14-12(11)13-2/h3,5-6,10H,4,7-9H2,1-2H3,(H,13,14). The van der Waals surface area contributed by atoms with Crippen LogP contribution < -0.4 is 5.32 Å². The maximum absolute atomic E-state index is 12.7. The van der Waals surface area contributed by atoms with E-state index in [2.05, 4.69) is 10.3 Å². The van der Waals surface area contributed by atoms with Crippen LogP contribution in [0.2, 0.25) is 0 Å². The zero-order valence-corrected chi connectivity index (χ0v) is 12.0. The predicted octanol–water partition coefficient (Wildman–Crippen LogP) is 0.923. The molecule has 1 saturated heterocycles. The summed E-state index contributed by atoms with van der Waals surface area (Å²) in [5, 5.41) is 2.82. The molecule has 0 bridgehead atoms. The molecule has 0 radical (unpaired) electrons. The Balaban J connectivity index is 2.35. The lowest BCUT2D eigenvalue weighted by atomic mass is 10.4. The highest BCUT2D eigenvalue weighted by Gasteiger charge is 2.29. The number of aromatic nitrogens is 1. The summed E-state index contributed by atoms with van der Waals surface area (Å²) in [5.41, 5.74) is 0. The molecule has 106 valence electrons. The van der Waals surface area contributed by atoms with Crippen molar-refractivity contribution in [1.29, 1.82) is 0 Å². The second kappa shape index (κ2) is 5.85. The third kappa shape index (κ3) is 3.05. The fourth-order valence-corrected chi connectivity index (χ4v) is 3.80. The van der Waals surface area contributed by atoms with Gasteiger partial charge < -0.3 is 10.1 Å². The maximum Gasteiger partial charge on any atom is 0.246 e. The number of pyridine rings is 1. The molecule has 2 heterocycles. The first kappa shape index (κ1) is 14.2. The highest BCUT2D eigenvalue weighted by molar-refractivity contribution is 7.89. The number of nitrogens with zero attached hydrogens (tertiary/aromatic N) is 2. The van der Waals surface area contributed by atoms with Gasteiger partial charge in [0.15, 0.2) is 0 Å². The quantitative estimate of drug-likeness (QED) is 0.894. The molecule has 6 nitrogen and oxygen atoms in total. The van der Waals surface area contributed by atoms with Gasteiger partial charge in [0.05, 0.1) is 6.10 Å². The van der Waals surface area contributed by atoms with Gasteiger partial charge >= 0.3 is 0 Å². The van der Waals surface area contributed by atoms with E-state index in [-0.39, 0.29) is 11.0 Å². The van der Waals surface area contributed by atoms with Gasteiger partial charge in [-0.15, -0.1) is 0 Å². The average molecular weight is 285 g/mol. The molecule has 0 saturated carbocycles. The Morgan fingerprint density at radius 1 is 1.53 bits per heavy atom. The fraction of sp³-hybridized carbons (Fsp3) is 0.583. The van der Waals surface area contributed by atoms with Crippen LogP contribution in [0.4, 0.5) is 5.82 Å². The first-order valence-electron chi connectivity index (χ1n) is 6.30. The van der Waals surface area contributed by atoms with Crippen molar-refractivity contribution in [3.63, 3.8) is 0 Å². The van der Waals surface area contributed by atoms with E-state index in [0.29, 0.717) is 31.9 Å². The van der Waals surface area contributed by atoms with E-state index >= 15 is 0 Å². The summed E-state index contributed by atoms with van der Waals surface area (Å²) in [6.07, 6.45) is 2.18. The Morgan fingerprint density at radius 2 is 2.32 bits per heavy atom. The molecule has 0 aromatic carbocycles. The largest absolute Gasteiger partial charge is 0.377 e. The fourth-order valence-electron chi connectivity index (χ4n) is 2.10. The van der Waals surface area contributed by atoms with Crippen LogP contribution in [0.3, 0.4) is 0 Å². The molecule has 1 aromatic rings. The van der Waals surface area contributed by atoms with Crippen LogP contribution in [0.1, 0.15) is 13.3 Å². The molecular weight excluding hydrogens is 266 g/mol. The van der Waals surface area contributed by atoms with Crippen molar-refractivity contribution >= 4 is 15.8 Å². The molecule has 7 heteroatoms. The minimum Gasteiger partial charge on any atom is -0.377 e. The van der Waals surface area contributed by atoms with Crippen LogP contribution >= 0.6 is 0 Å². The van der Waals surface area contributed by atoms with Gasteiger partial charge in [-0.1, -0.05) is 0 Å². The smallest absolute Gasteiger partial charge is 0.246 e. The molecule has 0 aliphatic carbocycles. The summed E-state index contributed by atoms with van der Waals surface area (Å²) in [6.45, 7) is 3.33. The summed E-state index contributed by atoms with van der Waals surface area (Å²) in [5.74, 6) is 0.375. The summed E-state index contributed by atoms with van der Waals surface area (Å²) >= 11 is 0. The molecule has 1 unspecified atom stereocenters. The Morgan fingerprint density at radius 3 is 3.05 bits per heavy atom. The van der Waals surface area contributed by atoms with Crippen LogP contribution in [0.5, 0.6) is 0 Å². The molecule has 19 heavy (non-hydrogen) atoms. The van der Waals surface area contributed by atoms with E-state index in [4.69, 9.17) is 4.74 Å². The molecule has 1 aromatic heterocycles. The molecule has 1 aliphatic rings. The van der Waals surface area contributed by atoms with E-state index in [9.17, 15) is 8.42 Å². The molecular formula is C12H19N3O3S. The number of hydrogen-bond donors (Lipinski definition) is 1. The Bertz CT molecular complexity index is 533. The van der Waals surface area contributed by atoms with Gasteiger partial charge in [-0.05, 0) is 25.5 Å². The van der Waals surface area contributed by atoms with Crippen molar-refractivity contribution in [2.24, 2.45) is 0 Å². The lowest BCUT2D eigenvalue weighted by molar-refractivity contribution is 0.0752. The minimum absolute atomic E-state index is 0.0908. The van der Waals surface area contributed by atoms with Crippen LogP contribution in [-0.4, -0.2) is 50.6 Å². The Kier molecular flexibility index (Phi) is 4.38. The average Bonchev–Trinajstić information content (AvgIpc) is 2.64. The third-order valence-electron chi connectivity index (χ3n) is 3.04. The number of anilines is 1. The molecule has 0 amide bonds. The number of sulfonamides is 1. The van der Waals surface area contributed by atoms with E-state index in [0.717, 1.165) is 0 Å². The van der Waals surface area contributed by atoms with Gasteiger partial charge in [0.2, 0.25) is 10.0 Å². The van der Waals surface area contributed by atoms with Crippen LogP contribution in [0, 0.1) is 0 Å². The third-order valence-corrected chi connectivity index (χ3v) is 4.94. The first-order valence-corrected chi connectivity index (χ1v) is 7.74. The Hall–Kier alpha value is -1.18. The highest BCUT2D eigenvalue weighted by Crippen LogP contribution is 2.23. The topological polar surface area (TPSA) is 71.5 Å². The molecule has 1 aliphatic heterocycles. The van der Waals surface area contributed by atoms with Crippen molar-refractivity contribution in [3.8, 4) is 0 Å². The molecule has 0 spiro atoms. The normalized spacial score (nSPS) is 21.9. The summed E-state index contributed by atoms with van der Waals surface area (Å²) < 4.78 is 32.3. The zero-order chi connectivity index (χ0) is 13.9. The maximum atomic E-state index is 12.7. The number of nitrogens with one attached hydrogen (secondary N) is 1. The van der Waals surface area contributed by atoms with Crippen LogP contribution in [-0.2, 0) is 14.8 Å². The minimum atomic E-state index is -3.53. The van der Waals surface area contributed by atoms with Crippen LogP contribution in [0.25, 0.3) is 0 Å². The van der Waals surface area contributed by atoms with Crippen LogP contribution in [0.15, 0.2) is 23.2 Å². The summed E-state index contributed by atoms with van der Waals surface area (Å²) in [7, 11) is -1.87. The SMILES string of the molecule is CNc1ncccc1S(=O)(=O)N1CCCOC(C)C1.